The van der Waals surface area contributed by atoms with Gasteiger partial charge >= 0.3 is 6.18 Å². The van der Waals surface area contributed by atoms with Crippen molar-refractivity contribution in [2.75, 3.05) is 15.8 Å². The Morgan fingerprint density at radius 3 is 2.31 bits per heavy atom. The van der Waals surface area contributed by atoms with Crippen LogP contribution in [0, 0.1) is 0 Å². The summed E-state index contributed by atoms with van der Waals surface area (Å²) in [6.45, 7) is 0. The second-order valence-electron chi connectivity index (χ2n) is 7.03. The molecule has 0 spiro atoms. The average molecular weight is 522 g/mol. The van der Waals surface area contributed by atoms with Crippen molar-refractivity contribution in [2.24, 2.45) is 5.73 Å². The number of aromatic amines is 1. The largest absolute Gasteiger partial charge is 0.433 e. The molecule has 188 valence electrons. The molecule has 0 saturated carbocycles. The van der Waals surface area contributed by atoms with Gasteiger partial charge in [-0.1, -0.05) is 18.2 Å². The summed E-state index contributed by atoms with van der Waals surface area (Å²) in [6, 6.07) is 8.07. The van der Waals surface area contributed by atoms with E-state index in [0.717, 1.165) is 12.1 Å². The van der Waals surface area contributed by atoms with Gasteiger partial charge in [0, 0.05) is 11.3 Å². The number of pyridine rings is 1. The molecule has 35 heavy (non-hydrogen) atoms. The molecule has 0 aliphatic heterocycles. The number of nitrogens with one attached hydrogen (secondary N) is 3. The Labute approximate surface area is 193 Å². The normalized spacial score (nSPS) is 13.0. The van der Waals surface area contributed by atoms with Gasteiger partial charge in [0.15, 0.2) is 6.17 Å². The number of nitrogens with two attached hydrogens (primary N) is 1. The van der Waals surface area contributed by atoms with E-state index in [-0.39, 0.29) is 34.1 Å². The summed E-state index contributed by atoms with van der Waals surface area (Å²) < 4.78 is 102. The van der Waals surface area contributed by atoms with Crippen molar-refractivity contribution in [3.05, 3.63) is 53.7 Å². The number of carbonyl (C=O) groups is 1. The smallest absolute Gasteiger partial charge is 0.365 e. The Morgan fingerprint density at radius 2 is 1.74 bits per heavy atom. The van der Waals surface area contributed by atoms with Gasteiger partial charge in [0.05, 0.1) is 0 Å². The Morgan fingerprint density at radius 1 is 1.09 bits per heavy atom. The highest BCUT2D eigenvalue weighted by molar-refractivity contribution is 7.92. The molecule has 3 aromatic rings. The van der Waals surface area contributed by atoms with Crippen LogP contribution in [-0.4, -0.2) is 47.9 Å². The van der Waals surface area contributed by atoms with Crippen LogP contribution < -0.4 is 15.8 Å². The fourth-order valence-corrected chi connectivity index (χ4v) is 4.01. The number of amides is 1. The number of halogens is 6. The van der Waals surface area contributed by atoms with E-state index >= 15 is 0 Å². The molecule has 1 unspecified atom stereocenters. The number of alkyl halides is 6. The van der Waals surface area contributed by atoms with Crippen LogP contribution in [0.4, 0.5) is 43.7 Å². The predicted octanol–water partition coefficient (Wildman–Crippen LogP) is 3.68. The zero-order valence-electron chi connectivity index (χ0n) is 17.3. The summed E-state index contributed by atoms with van der Waals surface area (Å²) in [7, 11) is -4.42. The maximum absolute atomic E-state index is 13.1. The van der Waals surface area contributed by atoms with Crippen LogP contribution in [0.25, 0.3) is 11.3 Å². The molecule has 5 N–H and O–H groups in total. The number of benzene rings is 1. The van der Waals surface area contributed by atoms with Gasteiger partial charge in [0.1, 0.15) is 34.3 Å². The fraction of sp³-hybridized carbons (Fsp3) is 0.211. The van der Waals surface area contributed by atoms with Gasteiger partial charge in [-0.15, -0.1) is 0 Å². The predicted molar refractivity (Wildman–Crippen MR) is 113 cm³/mol. The molecule has 2 aromatic heterocycles. The van der Waals surface area contributed by atoms with Crippen LogP contribution in [0.3, 0.4) is 0 Å². The molecule has 0 aliphatic carbocycles. The highest BCUT2D eigenvalue weighted by Gasteiger charge is 2.32. The van der Waals surface area contributed by atoms with Gasteiger partial charge in [0.2, 0.25) is 10.0 Å². The minimum absolute atomic E-state index is 0.0251. The van der Waals surface area contributed by atoms with E-state index in [4.69, 9.17) is 5.73 Å². The van der Waals surface area contributed by atoms with Crippen LogP contribution in [0.2, 0.25) is 0 Å². The first-order valence-electron chi connectivity index (χ1n) is 9.49. The first-order valence-corrected chi connectivity index (χ1v) is 11.1. The van der Waals surface area contributed by atoms with E-state index in [2.05, 4.69) is 20.5 Å². The molecule has 0 fully saturated rings. The summed E-state index contributed by atoms with van der Waals surface area (Å²) >= 11 is 0. The van der Waals surface area contributed by atoms with Gasteiger partial charge < -0.3 is 11.1 Å². The quantitative estimate of drug-likeness (QED) is 0.316. The summed E-state index contributed by atoms with van der Waals surface area (Å²) in [4.78, 5) is 15.5. The van der Waals surface area contributed by atoms with Crippen molar-refractivity contribution in [1.29, 1.82) is 0 Å². The number of primary amides is 1. The van der Waals surface area contributed by atoms with Crippen LogP contribution in [-0.2, 0) is 16.2 Å². The molecule has 1 atom stereocenters. The first kappa shape index (κ1) is 25.8. The summed E-state index contributed by atoms with van der Waals surface area (Å²) in [5.41, 5.74) is 4.13. The number of aromatic nitrogens is 3. The standard InChI is InChI=1S/C19H16F6N6O3S/c20-11(16(21)22)8-35(33,34)31-10-6-4-9(5-7-10)15-14(17(26)32)18(30-29-15)28-13-3-1-2-12(27-13)19(23,24)25/h1-7,11,16,31H,8H2,(H2,26,32)(H2,27,28,29,30). The lowest BCUT2D eigenvalue weighted by atomic mass is 10.1. The molecule has 1 aromatic carbocycles. The molecule has 1 amide bonds. The molecule has 2 heterocycles. The Balaban J connectivity index is 1.84. The minimum atomic E-state index is -4.70. The van der Waals surface area contributed by atoms with Crippen molar-refractivity contribution >= 4 is 33.3 Å². The third-order valence-corrected chi connectivity index (χ3v) is 5.69. The van der Waals surface area contributed by atoms with Crippen molar-refractivity contribution in [1.82, 2.24) is 15.2 Å². The van der Waals surface area contributed by atoms with E-state index in [1.807, 2.05) is 4.72 Å². The number of hydrogen-bond acceptors (Lipinski definition) is 6. The topological polar surface area (TPSA) is 143 Å². The number of hydrogen-bond donors (Lipinski definition) is 4. The van der Waals surface area contributed by atoms with Crippen molar-refractivity contribution in [3.8, 4) is 11.3 Å². The lowest BCUT2D eigenvalue weighted by molar-refractivity contribution is -0.141. The van der Waals surface area contributed by atoms with Crippen LogP contribution in [0.15, 0.2) is 42.5 Å². The minimum Gasteiger partial charge on any atom is -0.365 e. The average Bonchev–Trinajstić information content (AvgIpc) is 3.17. The van der Waals surface area contributed by atoms with Gasteiger partial charge in [-0.25, -0.2) is 26.6 Å². The summed E-state index contributed by atoms with van der Waals surface area (Å²) in [5, 5.41) is 8.87. The zero-order valence-corrected chi connectivity index (χ0v) is 18.1. The van der Waals surface area contributed by atoms with E-state index in [1.54, 1.807) is 0 Å². The maximum atomic E-state index is 13.1. The zero-order chi connectivity index (χ0) is 26.0. The van der Waals surface area contributed by atoms with Crippen molar-refractivity contribution in [2.45, 2.75) is 18.8 Å². The molecular formula is C19H16F6N6O3S. The van der Waals surface area contributed by atoms with E-state index in [0.29, 0.717) is 0 Å². The van der Waals surface area contributed by atoms with E-state index in [1.165, 1.54) is 30.3 Å². The van der Waals surface area contributed by atoms with Crippen LogP contribution in [0.1, 0.15) is 16.1 Å². The van der Waals surface area contributed by atoms with Gasteiger partial charge in [-0.2, -0.15) is 18.3 Å². The first-order chi connectivity index (χ1) is 16.3. The number of carbonyl (C=O) groups excluding carboxylic acids is 1. The molecule has 0 bridgehead atoms. The molecular weight excluding hydrogens is 506 g/mol. The number of sulfonamides is 1. The fourth-order valence-electron chi connectivity index (χ4n) is 2.87. The molecule has 16 heteroatoms. The lowest BCUT2D eigenvalue weighted by Gasteiger charge is -2.11. The van der Waals surface area contributed by atoms with Gasteiger partial charge in [-0.05, 0) is 24.3 Å². The van der Waals surface area contributed by atoms with E-state index < -0.39 is 46.2 Å². The van der Waals surface area contributed by atoms with Gasteiger partial charge in [0.25, 0.3) is 12.3 Å². The lowest BCUT2D eigenvalue weighted by Crippen LogP contribution is -2.28. The number of nitrogens with zero attached hydrogens (tertiary/aromatic N) is 2. The molecule has 0 saturated heterocycles. The monoisotopic (exact) mass is 522 g/mol. The Kier molecular flexibility index (Phi) is 7.23. The molecule has 3 rings (SSSR count). The Hall–Kier alpha value is -3.82. The van der Waals surface area contributed by atoms with Crippen molar-refractivity contribution < 1.29 is 39.6 Å². The maximum Gasteiger partial charge on any atom is 0.433 e. The summed E-state index contributed by atoms with van der Waals surface area (Å²) in [6.07, 6.45) is -11.0. The SMILES string of the molecule is NC(=O)c1c(-c2ccc(NS(=O)(=O)CC(F)C(F)F)cc2)n[nH]c1Nc1cccc(C(F)(F)F)n1. The second kappa shape index (κ2) is 9.81. The molecule has 0 radical (unpaired) electrons. The van der Waals surface area contributed by atoms with Crippen molar-refractivity contribution in [3.63, 3.8) is 0 Å². The highest BCUT2D eigenvalue weighted by Crippen LogP contribution is 2.31. The third-order valence-electron chi connectivity index (χ3n) is 4.39. The highest BCUT2D eigenvalue weighted by atomic mass is 32.2. The Bertz CT molecular complexity index is 1310. The van der Waals surface area contributed by atoms with Gasteiger partial charge in [-0.3, -0.25) is 14.6 Å². The second-order valence-corrected chi connectivity index (χ2v) is 8.80. The third kappa shape index (κ3) is 6.40. The number of rotatable bonds is 9. The number of anilines is 3. The van der Waals surface area contributed by atoms with Crippen LogP contribution in [0.5, 0.6) is 0 Å². The molecule has 0 aliphatic rings. The van der Waals surface area contributed by atoms with Crippen LogP contribution >= 0.6 is 0 Å². The summed E-state index contributed by atoms with van der Waals surface area (Å²) in [5.74, 6) is -2.84. The number of H-pyrrole nitrogens is 1. The van der Waals surface area contributed by atoms with E-state index in [9.17, 15) is 39.6 Å². The molecule has 9 nitrogen and oxygen atoms in total.